The molecule has 0 unspecified atom stereocenters. The Morgan fingerprint density at radius 1 is 0.855 bits per heavy atom. The van der Waals surface area contributed by atoms with Gasteiger partial charge in [-0.2, -0.15) is 5.26 Å². The number of carbonyl (C=O) groups is 6. The van der Waals surface area contributed by atoms with Crippen LogP contribution in [0.5, 0.6) is 5.75 Å². The van der Waals surface area contributed by atoms with Gasteiger partial charge in [0.2, 0.25) is 17.7 Å². The van der Waals surface area contributed by atoms with Gasteiger partial charge in [-0.1, -0.05) is 0 Å². The molecule has 2 aromatic rings. The van der Waals surface area contributed by atoms with Crippen LogP contribution in [0.1, 0.15) is 42.5 Å². The summed E-state index contributed by atoms with van der Waals surface area (Å²) in [6.45, 7) is 5.96. The van der Waals surface area contributed by atoms with Crippen molar-refractivity contribution in [3.05, 3.63) is 48.2 Å². The third kappa shape index (κ3) is 12.0. The van der Waals surface area contributed by atoms with E-state index in [0.717, 1.165) is 37.4 Å². The standard InChI is InChI=1S/C38H48N8O9/c39-26-28-3-1-14-45(28)37(51)27-42-38(52)30-8-11-40-32-5-4-29(25-31(30)32)55-20-2-13-43-16-18-44(19-17-43)34(48)10-21-53-23-24-54-22-12-41-33(47)9-15-46-35(49)6-7-36(46)50/h4-8,11,25,28H,1-3,9-10,12-24,27H2,(H,41,47)(H,42,52)/t28-/m0/s1. The van der Waals surface area contributed by atoms with Gasteiger partial charge in [-0.3, -0.25) is 43.6 Å². The summed E-state index contributed by atoms with van der Waals surface area (Å²) in [5.74, 6) is -1.13. The number of hydrogen-bond donors (Lipinski definition) is 2. The van der Waals surface area contributed by atoms with Gasteiger partial charge in [0, 0.05) is 82.5 Å². The minimum Gasteiger partial charge on any atom is -0.494 e. The molecule has 2 N–H and O–H groups in total. The Hall–Kier alpha value is -5.44. The molecule has 1 aromatic heterocycles. The minimum absolute atomic E-state index is 0.0252. The third-order valence-electron chi connectivity index (χ3n) is 9.56. The summed E-state index contributed by atoms with van der Waals surface area (Å²) in [6, 6.07) is 8.69. The molecule has 17 nitrogen and oxygen atoms in total. The van der Waals surface area contributed by atoms with Gasteiger partial charge in [0.25, 0.3) is 17.7 Å². The van der Waals surface area contributed by atoms with Gasteiger partial charge < -0.3 is 34.6 Å². The first-order chi connectivity index (χ1) is 26.7. The van der Waals surface area contributed by atoms with E-state index in [1.807, 2.05) is 11.0 Å². The Kier molecular flexibility index (Phi) is 15.5. The monoisotopic (exact) mass is 760 g/mol. The van der Waals surface area contributed by atoms with Crippen molar-refractivity contribution in [1.29, 1.82) is 5.26 Å². The van der Waals surface area contributed by atoms with Crippen LogP contribution < -0.4 is 15.4 Å². The predicted molar refractivity (Wildman–Crippen MR) is 197 cm³/mol. The maximum absolute atomic E-state index is 13.0. The number of aromatic nitrogens is 1. The highest BCUT2D eigenvalue weighted by Gasteiger charge is 2.29. The SMILES string of the molecule is N#C[C@@H]1CCCN1C(=O)CNC(=O)c1ccnc2ccc(OCCCN3CCN(C(=O)CCOCCOCCNC(=O)CCN4C(=O)C=CC4=O)CC3)cc12. The number of fused-ring (bicyclic) bond motifs is 1. The zero-order valence-corrected chi connectivity index (χ0v) is 30.9. The van der Waals surface area contributed by atoms with Gasteiger partial charge in [-0.15, -0.1) is 0 Å². The summed E-state index contributed by atoms with van der Waals surface area (Å²) in [5, 5.41) is 15.2. The van der Waals surface area contributed by atoms with Crippen LogP contribution in [0.3, 0.4) is 0 Å². The second-order valence-electron chi connectivity index (χ2n) is 13.3. The van der Waals surface area contributed by atoms with E-state index in [1.165, 1.54) is 17.1 Å². The number of ether oxygens (including phenoxy) is 3. The molecule has 0 spiro atoms. The Labute approximate surface area is 319 Å². The first-order valence-corrected chi connectivity index (χ1v) is 18.7. The molecule has 55 heavy (non-hydrogen) atoms. The van der Waals surface area contributed by atoms with Crippen molar-refractivity contribution in [2.75, 3.05) is 91.9 Å². The molecule has 17 heteroatoms. The number of nitrogens with zero attached hydrogens (tertiary/aromatic N) is 6. The maximum atomic E-state index is 13.0. The predicted octanol–water partition coefficient (Wildman–Crippen LogP) is 0.247. The third-order valence-corrected chi connectivity index (χ3v) is 9.56. The summed E-state index contributed by atoms with van der Waals surface area (Å²) in [7, 11) is 0. The van der Waals surface area contributed by atoms with Crippen molar-refractivity contribution in [2.45, 2.75) is 38.1 Å². The van der Waals surface area contributed by atoms with Crippen LogP contribution in [0, 0.1) is 11.3 Å². The largest absolute Gasteiger partial charge is 0.494 e. The number of nitriles is 1. The lowest BCUT2D eigenvalue weighted by molar-refractivity contribution is -0.137. The van der Waals surface area contributed by atoms with Gasteiger partial charge in [0.05, 0.1) is 63.1 Å². The molecule has 0 saturated carbocycles. The second kappa shape index (κ2) is 20.9. The number of nitrogens with one attached hydrogen (secondary N) is 2. The van der Waals surface area contributed by atoms with Crippen LogP contribution in [0.4, 0.5) is 0 Å². The lowest BCUT2D eigenvalue weighted by Gasteiger charge is -2.34. The van der Waals surface area contributed by atoms with Crippen molar-refractivity contribution in [3.8, 4) is 11.8 Å². The number of hydrogen-bond acceptors (Lipinski definition) is 12. The van der Waals surface area contributed by atoms with Crippen LogP contribution in [-0.2, 0) is 33.4 Å². The van der Waals surface area contributed by atoms with Crippen molar-refractivity contribution >= 4 is 46.3 Å². The van der Waals surface area contributed by atoms with Crippen LogP contribution in [0.15, 0.2) is 42.6 Å². The maximum Gasteiger partial charge on any atom is 0.253 e. The summed E-state index contributed by atoms with van der Waals surface area (Å²) >= 11 is 0. The van der Waals surface area contributed by atoms with Gasteiger partial charge >= 0.3 is 0 Å². The van der Waals surface area contributed by atoms with Gasteiger partial charge in [-0.05, 0) is 43.5 Å². The van der Waals surface area contributed by atoms with E-state index in [1.54, 1.807) is 24.4 Å². The molecule has 294 valence electrons. The zero-order chi connectivity index (χ0) is 39.0. The Morgan fingerprint density at radius 2 is 1.62 bits per heavy atom. The van der Waals surface area contributed by atoms with E-state index in [4.69, 9.17) is 14.2 Å². The molecule has 3 aliphatic rings. The van der Waals surface area contributed by atoms with Gasteiger partial charge in [0.15, 0.2) is 0 Å². The molecular formula is C38H48N8O9. The first-order valence-electron chi connectivity index (χ1n) is 18.7. The molecule has 0 bridgehead atoms. The van der Waals surface area contributed by atoms with E-state index in [-0.39, 0.29) is 50.3 Å². The van der Waals surface area contributed by atoms with Crippen molar-refractivity contribution in [3.63, 3.8) is 0 Å². The molecule has 6 amide bonds. The Bertz CT molecular complexity index is 1750. The van der Waals surface area contributed by atoms with E-state index in [0.29, 0.717) is 81.2 Å². The van der Waals surface area contributed by atoms with Crippen LogP contribution >= 0.6 is 0 Å². The summed E-state index contributed by atoms with van der Waals surface area (Å²) in [5.41, 5.74) is 1.01. The molecule has 0 radical (unpaired) electrons. The summed E-state index contributed by atoms with van der Waals surface area (Å²) in [6.07, 6.45) is 6.42. The number of benzene rings is 1. The number of pyridine rings is 1. The molecule has 2 saturated heterocycles. The average Bonchev–Trinajstić information content (AvgIpc) is 3.82. The lowest BCUT2D eigenvalue weighted by Crippen LogP contribution is -2.49. The Balaban J connectivity index is 0.892. The fourth-order valence-corrected chi connectivity index (χ4v) is 6.52. The average molecular weight is 761 g/mol. The Morgan fingerprint density at radius 3 is 2.38 bits per heavy atom. The number of carbonyl (C=O) groups excluding carboxylic acids is 6. The van der Waals surface area contributed by atoms with Gasteiger partial charge in [-0.25, -0.2) is 0 Å². The lowest BCUT2D eigenvalue weighted by atomic mass is 10.1. The molecule has 3 aliphatic heterocycles. The van der Waals surface area contributed by atoms with E-state index >= 15 is 0 Å². The molecule has 4 heterocycles. The highest BCUT2D eigenvalue weighted by molar-refractivity contribution is 6.13. The molecule has 2 fully saturated rings. The van der Waals surface area contributed by atoms with Crippen molar-refractivity contribution in [1.82, 2.24) is 35.2 Å². The fraction of sp³-hybridized carbons (Fsp3) is 0.526. The first kappa shape index (κ1) is 40.7. The molecular weight excluding hydrogens is 712 g/mol. The number of amides is 6. The highest BCUT2D eigenvalue weighted by Crippen LogP contribution is 2.23. The molecule has 1 aromatic carbocycles. The van der Waals surface area contributed by atoms with Gasteiger partial charge in [0.1, 0.15) is 11.8 Å². The minimum atomic E-state index is -0.445. The number of imide groups is 1. The topological polar surface area (TPSA) is 204 Å². The van der Waals surface area contributed by atoms with Crippen LogP contribution in [0.25, 0.3) is 10.9 Å². The van der Waals surface area contributed by atoms with E-state index in [9.17, 15) is 34.0 Å². The van der Waals surface area contributed by atoms with Crippen molar-refractivity contribution in [2.24, 2.45) is 0 Å². The quantitative estimate of drug-likeness (QED) is 0.138. The summed E-state index contributed by atoms with van der Waals surface area (Å²) in [4.78, 5) is 84.3. The molecule has 1 atom stereocenters. The van der Waals surface area contributed by atoms with E-state index < -0.39 is 23.8 Å². The van der Waals surface area contributed by atoms with Crippen LogP contribution in [-0.4, -0.2) is 158 Å². The normalized spacial score (nSPS) is 17.1. The second-order valence-corrected chi connectivity index (χ2v) is 13.3. The number of likely N-dealkylation sites (tertiary alicyclic amines) is 1. The molecule has 5 rings (SSSR count). The van der Waals surface area contributed by atoms with Crippen LogP contribution in [0.2, 0.25) is 0 Å². The highest BCUT2D eigenvalue weighted by atomic mass is 16.5. The fourth-order valence-electron chi connectivity index (χ4n) is 6.52. The zero-order valence-electron chi connectivity index (χ0n) is 30.9. The number of piperazine rings is 1. The molecule has 0 aliphatic carbocycles. The van der Waals surface area contributed by atoms with E-state index in [2.05, 4.69) is 26.6 Å². The smallest absolute Gasteiger partial charge is 0.253 e. The van der Waals surface area contributed by atoms with Crippen molar-refractivity contribution < 1.29 is 43.0 Å². The summed E-state index contributed by atoms with van der Waals surface area (Å²) < 4.78 is 17.0. The number of rotatable bonds is 20.